The number of hydrogen-bond acceptors (Lipinski definition) is 2. The molecule has 1 aliphatic carbocycles. The summed E-state index contributed by atoms with van der Waals surface area (Å²) < 4.78 is 0. The lowest BCUT2D eigenvalue weighted by molar-refractivity contribution is 0.633. The summed E-state index contributed by atoms with van der Waals surface area (Å²) in [4.78, 5) is 4.59. The van der Waals surface area contributed by atoms with Crippen LogP contribution in [0.1, 0.15) is 25.3 Å². The maximum absolute atomic E-state index is 4.59. The lowest BCUT2D eigenvalue weighted by Crippen LogP contribution is -2.42. The fourth-order valence-corrected chi connectivity index (χ4v) is 2.46. The molecule has 0 bridgehead atoms. The van der Waals surface area contributed by atoms with Crippen LogP contribution in [0.4, 0.5) is 0 Å². The third-order valence-corrected chi connectivity index (χ3v) is 3.42. The van der Waals surface area contributed by atoms with Gasteiger partial charge >= 0.3 is 0 Å². The van der Waals surface area contributed by atoms with Crippen LogP contribution in [0.25, 0.3) is 0 Å². The predicted molar refractivity (Wildman–Crippen MR) is 74.4 cm³/mol. The molecule has 1 heterocycles. The molecule has 1 aromatic heterocycles. The molecule has 0 aromatic carbocycles. The van der Waals surface area contributed by atoms with Crippen molar-refractivity contribution in [1.29, 1.82) is 0 Å². The van der Waals surface area contributed by atoms with E-state index in [1.807, 2.05) is 0 Å². The van der Waals surface area contributed by atoms with Crippen molar-refractivity contribution in [1.82, 2.24) is 10.6 Å². The van der Waals surface area contributed by atoms with Gasteiger partial charge in [-0.25, -0.2) is 4.99 Å². The van der Waals surface area contributed by atoms with Gasteiger partial charge in [0.1, 0.15) is 0 Å². The van der Waals surface area contributed by atoms with Gasteiger partial charge in [0.15, 0.2) is 5.96 Å². The number of aliphatic imine (C=N–C) groups is 1. The van der Waals surface area contributed by atoms with Gasteiger partial charge < -0.3 is 10.6 Å². The molecule has 3 nitrogen and oxygen atoms in total. The number of thiophene rings is 1. The average Bonchev–Trinajstić information content (AvgIpc) is 2.99. The Labute approximate surface area is 107 Å². The normalized spacial score (nSPS) is 16.4. The molecule has 0 atom stereocenters. The largest absolute Gasteiger partial charge is 0.357 e. The van der Waals surface area contributed by atoms with Crippen LogP contribution in [0.3, 0.4) is 0 Å². The summed E-state index contributed by atoms with van der Waals surface area (Å²) in [7, 11) is 0. The van der Waals surface area contributed by atoms with E-state index in [-0.39, 0.29) is 0 Å². The Hall–Kier alpha value is -1.29. The summed E-state index contributed by atoms with van der Waals surface area (Å²) in [5.41, 5.74) is 1.27. The highest BCUT2D eigenvalue weighted by Crippen LogP contribution is 2.09. The van der Waals surface area contributed by atoms with Crippen molar-refractivity contribution >= 4 is 17.3 Å². The number of nitrogens with zero attached hydrogens (tertiary/aromatic N) is 1. The minimum absolute atomic E-state index is 0.510. The van der Waals surface area contributed by atoms with Crippen LogP contribution < -0.4 is 10.6 Å². The van der Waals surface area contributed by atoms with Gasteiger partial charge in [-0.15, -0.1) is 0 Å². The fraction of sp³-hybridized carbons (Fsp3) is 0.462. The Kier molecular flexibility index (Phi) is 4.62. The van der Waals surface area contributed by atoms with Gasteiger partial charge in [0.25, 0.3) is 0 Å². The smallest absolute Gasteiger partial charge is 0.191 e. The molecule has 92 valence electrons. The van der Waals surface area contributed by atoms with Gasteiger partial charge in [0.05, 0.1) is 6.54 Å². The van der Waals surface area contributed by atoms with Crippen LogP contribution in [-0.4, -0.2) is 18.5 Å². The second-order valence-corrected chi connectivity index (χ2v) is 4.89. The number of rotatable bonds is 4. The molecule has 0 saturated heterocycles. The van der Waals surface area contributed by atoms with Crippen LogP contribution in [0.5, 0.6) is 0 Å². The van der Waals surface area contributed by atoms with Crippen molar-refractivity contribution in [3.63, 3.8) is 0 Å². The molecule has 0 spiro atoms. The van der Waals surface area contributed by atoms with Crippen LogP contribution in [0, 0.1) is 0 Å². The van der Waals surface area contributed by atoms with E-state index in [1.54, 1.807) is 11.3 Å². The number of guanidine groups is 1. The maximum Gasteiger partial charge on any atom is 0.191 e. The van der Waals surface area contributed by atoms with E-state index in [0.29, 0.717) is 6.04 Å². The third-order valence-electron chi connectivity index (χ3n) is 2.69. The van der Waals surface area contributed by atoms with Crippen molar-refractivity contribution < 1.29 is 0 Å². The monoisotopic (exact) mass is 249 g/mol. The molecule has 4 heteroatoms. The first-order valence-corrected chi connectivity index (χ1v) is 7.03. The minimum atomic E-state index is 0.510. The molecule has 0 fully saturated rings. The minimum Gasteiger partial charge on any atom is -0.357 e. The van der Waals surface area contributed by atoms with E-state index in [1.165, 1.54) is 5.56 Å². The second kappa shape index (κ2) is 6.45. The second-order valence-electron chi connectivity index (χ2n) is 4.11. The molecule has 0 saturated carbocycles. The molecule has 0 amide bonds. The Morgan fingerprint density at radius 2 is 2.29 bits per heavy atom. The topological polar surface area (TPSA) is 36.4 Å². The lowest BCUT2D eigenvalue weighted by atomic mass is 10.2. The maximum atomic E-state index is 4.59. The summed E-state index contributed by atoms with van der Waals surface area (Å²) in [6, 6.07) is 2.63. The summed E-state index contributed by atoms with van der Waals surface area (Å²) in [5, 5.41) is 11.0. The van der Waals surface area contributed by atoms with E-state index in [9.17, 15) is 0 Å². The molecule has 2 N–H and O–H groups in total. The summed E-state index contributed by atoms with van der Waals surface area (Å²) >= 11 is 1.72. The number of nitrogens with one attached hydrogen (secondary N) is 2. The van der Waals surface area contributed by atoms with Crippen molar-refractivity contribution in [2.24, 2.45) is 4.99 Å². The van der Waals surface area contributed by atoms with Crippen LogP contribution in [-0.2, 0) is 6.54 Å². The first-order chi connectivity index (χ1) is 8.38. The van der Waals surface area contributed by atoms with Crippen molar-refractivity contribution in [3.8, 4) is 0 Å². The van der Waals surface area contributed by atoms with E-state index in [2.05, 4.69) is 51.5 Å². The van der Waals surface area contributed by atoms with Crippen LogP contribution >= 0.6 is 11.3 Å². The van der Waals surface area contributed by atoms with Crippen LogP contribution in [0.15, 0.2) is 34.0 Å². The molecular weight excluding hydrogens is 230 g/mol. The highest BCUT2D eigenvalue weighted by Gasteiger charge is 2.11. The Bertz CT molecular complexity index is 373. The van der Waals surface area contributed by atoms with E-state index in [4.69, 9.17) is 0 Å². The van der Waals surface area contributed by atoms with E-state index in [0.717, 1.165) is 31.9 Å². The van der Waals surface area contributed by atoms with Crippen molar-refractivity contribution in [2.45, 2.75) is 32.4 Å². The SMILES string of the molecule is CCNC(=NCc1ccsc1)NC1CC=CC1. The first kappa shape index (κ1) is 12.2. The molecule has 0 unspecified atom stereocenters. The van der Waals surface area contributed by atoms with Gasteiger partial charge in [-0.2, -0.15) is 11.3 Å². The molecule has 0 aliphatic heterocycles. The van der Waals surface area contributed by atoms with E-state index < -0.39 is 0 Å². The Morgan fingerprint density at radius 1 is 1.47 bits per heavy atom. The van der Waals surface area contributed by atoms with Gasteiger partial charge in [-0.1, -0.05) is 12.2 Å². The standard InChI is InChI=1S/C13H19N3S/c1-2-14-13(16-12-5-3-4-6-12)15-9-11-7-8-17-10-11/h3-4,7-8,10,12H,2,5-6,9H2,1H3,(H2,14,15,16). The average molecular weight is 249 g/mol. The van der Waals surface area contributed by atoms with Crippen molar-refractivity contribution in [3.05, 3.63) is 34.5 Å². The zero-order valence-corrected chi connectivity index (χ0v) is 11.0. The Morgan fingerprint density at radius 3 is 2.94 bits per heavy atom. The molecule has 1 aliphatic rings. The molecule has 17 heavy (non-hydrogen) atoms. The van der Waals surface area contributed by atoms with Gasteiger partial charge in [0, 0.05) is 12.6 Å². The predicted octanol–water partition coefficient (Wildman–Crippen LogP) is 2.52. The molecule has 2 rings (SSSR count). The highest BCUT2D eigenvalue weighted by atomic mass is 32.1. The first-order valence-electron chi connectivity index (χ1n) is 6.09. The molecule has 0 radical (unpaired) electrons. The highest BCUT2D eigenvalue weighted by molar-refractivity contribution is 7.07. The quantitative estimate of drug-likeness (QED) is 0.489. The molecule has 1 aromatic rings. The summed E-state index contributed by atoms with van der Waals surface area (Å²) in [5.74, 6) is 0.924. The number of hydrogen-bond donors (Lipinski definition) is 2. The van der Waals surface area contributed by atoms with E-state index >= 15 is 0 Å². The third kappa shape index (κ3) is 3.89. The molecular formula is C13H19N3S. The Balaban J connectivity index is 1.88. The zero-order chi connectivity index (χ0) is 11.9. The van der Waals surface area contributed by atoms with Gasteiger partial charge in [-0.3, -0.25) is 0 Å². The fourth-order valence-electron chi connectivity index (χ4n) is 1.80. The summed E-state index contributed by atoms with van der Waals surface area (Å²) in [6.07, 6.45) is 6.64. The lowest BCUT2D eigenvalue weighted by Gasteiger charge is -2.16. The summed E-state index contributed by atoms with van der Waals surface area (Å²) in [6.45, 7) is 3.74. The zero-order valence-electron chi connectivity index (χ0n) is 10.1. The van der Waals surface area contributed by atoms with Crippen molar-refractivity contribution in [2.75, 3.05) is 6.54 Å². The van der Waals surface area contributed by atoms with Gasteiger partial charge in [0.2, 0.25) is 0 Å². The van der Waals surface area contributed by atoms with Gasteiger partial charge in [-0.05, 0) is 42.2 Å². The van der Waals surface area contributed by atoms with Crippen LogP contribution in [0.2, 0.25) is 0 Å².